The van der Waals surface area contributed by atoms with Crippen LogP contribution in [0.3, 0.4) is 0 Å². The number of nitrogens with zero attached hydrogens (tertiary/aromatic N) is 2. The maximum Gasteiger partial charge on any atom is 0.211 e. The summed E-state index contributed by atoms with van der Waals surface area (Å²) in [5.41, 5.74) is 0. The van der Waals surface area contributed by atoms with Crippen LogP contribution >= 0.6 is 0 Å². The molecule has 5 nitrogen and oxygen atoms in total. The van der Waals surface area contributed by atoms with Gasteiger partial charge in [0.2, 0.25) is 10.0 Å². The Morgan fingerprint density at radius 3 is 2.60 bits per heavy atom. The Labute approximate surface area is 122 Å². The van der Waals surface area contributed by atoms with Crippen molar-refractivity contribution in [1.29, 1.82) is 0 Å². The summed E-state index contributed by atoms with van der Waals surface area (Å²) in [6.45, 7) is 4.80. The van der Waals surface area contributed by atoms with E-state index in [1.54, 1.807) is 4.31 Å². The van der Waals surface area contributed by atoms with E-state index in [1.807, 2.05) is 0 Å². The molecule has 20 heavy (non-hydrogen) atoms. The van der Waals surface area contributed by atoms with Crippen molar-refractivity contribution in [2.75, 3.05) is 39.0 Å². The molecule has 116 valence electrons. The van der Waals surface area contributed by atoms with Gasteiger partial charge in [0.15, 0.2) is 0 Å². The number of hydrogen-bond donors (Lipinski definition) is 1. The summed E-state index contributed by atoms with van der Waals surface area (Å²) >= 11 is 0. The zero-order chi connectivity index (χ0) is 14.2. The van der Waals surface area contributed by atoms with Crippen molar-refractivity contribution in [1.82, 2.24) is 14.5 Å². The average molecular weight is 301 g/mol. The van der Waals surface area contributed by atoms with Gasteiger partial charge in [0.25, 0.3) is 0 Å². The van der Waals surface area contributed by atoms with E-state index in [1.165, 1.54) is 38.6 Å². The highest BCUT2D eigenvalue weighted by molar-refractivity contribution is 7.88. The molecule has 0 bridgehead atoms. The second-order valence-electron chi connectivity index (χ2n) is 6.75. The lowest BCUT2D eigenvalue weighted by molar-refractivity contribution is 0.252. The average Bonchev–Trinajstić information content (AvgIpc) is 3.15. The zero-order valence-electron chi connectivity index (χ0n) is 12.4. The first-order chi connectivity index (χ1) is 9.52. The summed E-state index contributed by atoms with van der Waals surface area (Å²) < 4.78 is 24.9. The SMILES string of the molecule is CS(=O)(=O)N1CCCC(CNC2CCN(C3CC3)C2)C1. The van der Waals surface area contributed by atoms with Gasteiger partial charge in [-0.05, 0) is 44.6 Å². The molecule has 2 atom stereocenters. The van der Waals surface area contributed by atoms with Crippen molar-refractivity contribution >= 4 is 10.0 Å². The lowest BCUT2D eigenvalue weighted by atomic mass is 9.99. The predicted molar refractivity (Wildman–Crippen MR) is 80.1 cm³/mol. The Morgan fingerprint density at radius 1 is 1.10 bits per heavy atom. The summed E-state index contributed by atoms with van der Waals surface area (Å²) in [6, 6.07) is 1.49. The molecule has 2 heterocycles. The first-order valence-corrected chi connectivity index (χ1v) is 9.80. The van der Waals surface area contributed by atoms with Gasteiger partial charge in [0, 0.05) is 38.3 Å². The monoisotopic (exact) mass is 301 g/mol. The first kappa shape index (κ1) is 14.8. The fourth-order valence-corrected chi connectivity index (χ4v) is 4.50. The van der Waals surface area contributed by atoms with Gasteiger partial charge in [-0.3, -0.25) is 4.90 Å². The summed E-state index contributed by atoms with van der Waals surface area (Å²) in [5.74, 6) is 0.480. The largest absolute Gasteiger partial charge is 0.312 e. The van der Waals surface area contributed by atoms with E-state index >= 15 is 0 Å². The minimum absolute atomic E-state index is 0.480. The van der Waals surface area contributed by atoms with E-state index in [2.05, 4.69) is 10.2 Å². The molecule has 6 heteroatoms. The van der Waals surface area contributed by atoms with Crippen molar-refractivity contribution in [3.8, 4) is 0 Å². The van der Waals surface area contributed by atoms with Gasteiger partial charge < -0.3 is 5.32 Å². The number of sulfonamides is 1. The molecule has 0 aromatic carbocycles. The summed E-state index contributed by atoms with van der Waals surface area (Å²) in [6.07, 6.45) is 7.50. The minimum Gasteiger partial charge on any atom is -0.312 e. The van der Waals surface area contributed by atoms with Crippen LogP contribution in [0.2, 0.25) is 0 Å². The van der Waals surface area contributed by atoms with Gasteiger partial charge in [-0.25, -0.2) is 12.7 Å². The van der Waals surface area contributed by atoms with Crippen LogP contribution in [-0.2, 0) is 10.0 Å². The molecule has 3 rings (SSSR count). The topological polar surface area (TPSA) is 52.7 Å². The summed E-state index contributed by atoms with van der Waals surface area (Å²) in [7, 11) is -3.01. The summed E-state index contributed by atoms with van der Waals surface area (Å²) in [5, 5.41) is 3.67. The molecule has 1 N–H and O–H groups in total. The number of hydrogen-bond acceptors (Lipinski definition) is 4. The van der Waals surface area contributed by atoms with Gasteiger partial charge in [0.1, 0.15) is 0 Å². The Hall–Kier alpha value is -0.170. The molecule has 2 aliphatic heterocycles. The van der Waals surface area contributed by atoms with Crippen molar-refractivity contribution in [3.05, 3.63) is 0 Å². The fourth-order valence-electron chi connectivity index (χ4n) is 3.55. The van der Waals surface area contributed by atoms with E-state index in [0.29, 0.717) is 25.0 Å². The molecule has 1 saturated carbocycles. The van der Waals surface area contributed by atoms with Crippen LogP contribution < -0.4 is 5.32 Å². The molecular formula is C14H27N3O2S. The quantitative estimate of drug-likeness (QED) is 0.803. The number of piperidine rings is 1. The van der Waals surface area contributed by atoms with Crippen LogP contribution in [0, 0.1) is 5.92 Å². The Morgan fingerprint density at radius 2 is 1.90 bits per heavy atom. The molecule has 1 aliphatic carbocycles. The second kappa shape index (κ2) is 5.91. The first-order valence-electron chi connectivity index (χ1n) is 7.95. The molecule has 3 fully saturated rings. The molecule has 0 radical (unpaired) electrons. The van der Waals surface area contributed by atoms with Crippen LogP contribution in [-0.4, -0.2) is 68.7 Å². The van der Waals surface area contributed by atoms with Crippen molar-refractivity contribution in [3.63, 3.8) is 0 Å². The normalized spacial score (nSPS) is 33.6. The zero-order valence-corrected chi connectivity index (χ0v) is 13.2. The van der Waals surface area contributed by atoms with Crippen molar-refractivity contribution in [2.24, 2.45) is 5.92 Å². The van der Waals surface area contributed by atoms with Gasteiger partial charge in [-0.15, -0.1) is 0 Å². The minimum atomic E-state index is -3.01. The van der Waals surface area contributed by atoms with Crippen LogP contribution in [0.15, 0.2) is 0 Å². The molecule has 2 unspecified atom stereocenters. The third kappa shape index (κ3) is 3.72. The molecular weight excluding hydrogens is 274 g/mol. The van der Waals surface area contributed by atoms with Gasteiger partial charge in [-0.1, -0.05) is 0 Å². The van der Waals surface area contributed by atoms with Crippen LogP contribution in [0.4, 0.5) is 0 Å². The standard InChI is InChI=1S/C14H27N3O2S/c1-20(18,19)17-7-2-3-12(10-17)9-15-13-6-8-16(11-13)14-4-5-14/h12-15H,2-11H2,1H3. The van der Waals surface area contributed by atoms with E-state index in [0.717, 1.165) is 25.4 Å². The van der Waals surface area contributed by atoms with Crippen LogP contribution in [0.25, 0.3) is 0 Å². The second-order valence-corrected chi connectivity index (χ2v) is 8.73. The lowest BCUT2D eigenvalue weighted by Gasteiger charge is -2.31. The van der Waals surface area contributed by atoms with Crippen molar-refractivity contribution in [2.45, 2.75) is 44.2 Å². The maximum atomic E-state index is 11.6. The van der Waals surface area contributed by atoms with Crippen molar-refractivity contribution < 1.29 is 8.42 Å². The Bertz CT molecular complexity index is 436. The number of rotatable bonds is 5. The highest BCUT2D eigenvalue weighted by atomic mass is 32.2. The molecule has 0 aromatic heterocycles. The lowest BCUT2D eigenvalue weighted by Crippen LogP contribution is -2.44. The van der Waals surface area contributed by atoms with E-state index in [-0.39, 0.29) is 0 Å². The van der Waals surface area contributed by atoms with Gasteiger partial charge in [0.05, 0.1) is 6.26 Å². The molecule has 0 aromatic rings. The molecule has 0 spiro atoms. The third-order valence-electron chi connectivity index (χ3n) is 4.93. The van der Waals surface area contributed by atoms with E-state index in [4.69, 9.17) is 0 Å². The fraction of sp³-hybridized carbons (Fsp3) is 1.00. The summed E-state index contributed by atoms with van der Waals surface area (Å²) in [4.78, 5) is 2.61. The Kier molecular flexibility index (Phi) is 4.36. The highest BCUT2D eigenvalue weighted by Crippen LogP contribution is 2.29. The van der Waals surface area contributed by atoms with E-state index < -0.39 is 10.0 Å². The molecule has 3 aliphatic rings. The van der Waals surface area contributed by atoms with E-state index in [9.17, 15) is 8.42 Å². The number of nitrogens with one attached hydrogen (secondary N) is 1. The third-order valence-corrected chi connectivity index (χ3v) is 6.20. The predicted octanol–water partition coefficient (Wildman–Crippen LogP) is 0.484. The van der Waals surface area contributed by atoms with Gasteiger partial charge in [-0.2, -0.15) is 0 Å². The number of likely N-dealkylation sites (tertiary alicyclic amines) is 1. The van der Waals surface area contributed by atoms with Gasteiger partial charge >= 0.3 is 0 Å². The Balaban J connectivity index is 1.42. The molecule has 2 saturated heterocycles. The van der Waals surface area contributed by atoms with Crippen LogP contribution in [0.5, 0.6) is 0 Å². The maximum absolute atomic E-state index is 11.6. The smallest absolute Gasteiger partial charge is 0.211 e. The molecule has 0 amide bonds. The highest BCUT2D eigenvalue weighted by Gasteiger charge is 2.34. The van der Waals surface area contributed by atoms with Crippen LogP contribution in [0.1, 0.15) is 32.1 Å².